The van der Waals surface area contributed by atoms with E-state index in [-0.39, 0.29) is 16.9 Å². The van der Waals surface area contributed by atoms with Gasteiger partial charge in [0, 0.05) is 6.42 Å². The van der Waals surface area contributed by atoms with Gasteiger partial charge in [-0.25, -0.2) is 0 Å². The summed E-state index contributed by atoms with van der Waals surface area (Å²) in [5.41, 5.74) is 1.89. The van der Waals surface area contributed by atoms with Gasteiger partial charge in [-0.3, -0.25) is 4.79 Å². The molecule has 4 aliphatic rings. The van der Waals surface area contributed by atoms with E-state index >= 15 is 0 Å². The second kappa shape index (κ2) is 4.44. The van der Waals surface area contributed by atoms with Crippen LogP contribution in [0.2, 0.25) is 0 Å². The number of carbonyl (C=O) groups excluding carboxylic acids is 1. The van der Waals surface area contributed by atoms with E-state index in [1.165, 1.54) is 31.3 Å². The Balaban J connectivity index is 1.69. The zero-order valence-electron chi connectivity index (χ0n) is 13.4. The summed E-state index contributed by atoms with van der Waals surface area (Å²) in [6.45, 7) is 4.76. The van der Waals surface area contributed by atoms with Crippen LogP contribution in [0.3, 0.4) is 0 Å². The molecule has 6 atom stereocenters. The number of ketones is 1. The molecule has 0 spiro atoms. The molecule has 4 rings (SSSR count). The Morgan fingerprint density at radius 2 is 1.86 bits per heavy atom. The first kappa shape index (κ1) is 14.0. The third kappa shape index (κ3) is 1.78. The number of carbonyl (C=O) groups is 1. The van der Waals surface area contributed by atoms with Gasteiger partial charge in [-0.2, -0.15) is 0 Å². The van der Waals surface area contributed by atoms with E-state index in [4.69, 9.17) is 0 Å². The molecule has 0 aromatic rings. The zero-order chi connectivity index (χ0) is 14.8. The maximum absolute atomic E-state index is 11.8. The largest absolute Gasteiger partial charge is 0.393 e. The molecule has 3 saturated carbocycles. The monoisotopic (exact) mass is 288 g/mol. The molecule has 0 radical (unpaired) electrons. The normalized spacial score (nSPS) is 52.7. The van der Waals surface area contributed by atoms with Crippen molar-refractivity contribution in [3.63, 3.8) is 0 Å². The van der Waals surface area contributed by atoms with Crippen LogP contribution in [-0.4, -0.2) is 17.0 Å². The summed E-state index contributed by atoms with van der Waals surface area (Å²) in [6.07, 6.45) is 10.7. The van der Waals surface area contributed by atoms with Gasteiger partial charge in [0.1, 0.15) is 0 Å². The minimum Gasteiger partial charge on any atom is -0.393 e. The van der Waals surface area contributed by atoms with Crippen LogP contribution in [0.5, 0.6) is 0 Å². The molecule has 0 heterocycles. The second-order valence-electron chi connectivity index (χ2n) is 8.61. The maximum atomic E-state index is 11.8. The van der Waals surface area contributed by atoms with E-state index in [1.54, 1.807) is 0 Å². The van der Waals surface area contributed by atoms with Gasteiger partial charge in [-0.15, -0.1) is 0 Å². The Kier molecular flexibility index (Phi) is 2.96. The van der Waals surface area contributed by atoms with Gasteiger partial charge < -0.3 is 5.11 Å². The third-order valence-electron chi connectivity index (χ3n) is 7.91. The van der Waals surface area contributed by atoms with Crippen molar-refractivity contribution in [3.8, 4) is 0 Å². The fourth-order valence-corrected chi connectivity index (χ4v) is 6.53. The van der Waals surface area contributed by atoms with Gasteiger partial charge in [-0.05, 0) is 79.6 Å². The summed E-state index contributed by atoms with van der Waals surface area (Å²) in [6, 6.07) is 0. The number of hydrogen-bond donors (Lipinski definition) is 1. The first-order chi connectivity index (χ1) is 9.95. The second-order valence-corrected chi connectivity index (χ2v) is 8.61. The predicted molar refractivity (Wildman–Crippen MR) is 82.7 cm³/mol. The quantitative estimate of drug-likeness (QED) is 0.734. The molecule has 1 N–H and O–H groups in total. The van der Waals surface area contributed by atoms with Crippen LogP contribution in [0, 0.1) is 28.6 Å². The van der Waals surface area contributed by atoms with E-state index in [0.717, 1.165) is 37.5 Å². The highest BCUT2D eigenvalue weighted by Crippen LogP contribution is 2.65. The Morgan fingerprint density at radius 3 is 2.67 bits per heavy atom. The van der Waals surface area contributed by atoms with E-state index < -0.39 is 0 Å². The van der Waals surface area contributed by atoms with E-state index in [0.29, 0.717) is 11.7 Å². The fraction of sp³-hybridized carbons (Fsp3) is 0.842. The van der Waals surface area contributed by atoms with E-state index in [1.807, 2.05) is 6.08 Å². The van der Waals surface area contributed by atoms with Crippen LogP contribution in [-0.2, 0) is 4.79 Å². The lowest BCUT2D eigenvalue weighted by atomic mass is 9.47. The van der Waals surface area contributed by atoms with Crippen molar-refractivity contribution in [1.82, 2.24) is 0 Å². The van der Waals surface area contributed by atoms with Crippen molar-refractivity contribution < 1.29 is 9.90 Å². The van der Waals surface area contributed by atoms with Gasteiger partial charge in [-0.1, -0.05) is 19.4 Å². The van der Waals surface area contributed by atoms with Crippen LogP contribution < -0.4 is 0 Å². The van der Waals surface area contributed by atoms with Crippen molar-refractivity contribution in [2.75, 3.05) is 0 Å². The van der Waals surface area contributed by atoms with Gasteiger partial charge in [0.15, 0.2) is 5.78 Å². The van der Waals surface area contributed by atoms with Crippen LogP contribution in [0.4, 0.5) is 0 Å². The molecule has 0 aromatic carbocycles. The topological polar surface area (TPSA) is 37.3 Å². The maximum Gasteiger partial charge on any atom is 0.155 e. The molecule has 0 saturated heterocycles. The lowest BCUT2D eigenvalue weighted by molar-refractivity contribution is -0.118. The van der Waals surface area contributed by atoms with Crippen molar-refractivity contribution in [3.05, 3.63) is 11.6 Å². The molecule has 2 nitrogen and oxygen atoms in total. The average molecular weight is 288 g/mol. The standard InChI is InChI=1S/C19H28O2/c1-18-9-7-13(20)11-12(18)3-4-14-15-5-6-17(21)19(15,2)10-8-16(14)18/h11,14-17,21H,3-10H2,1-2H3/t14-,15+,16+,17-,18-,19-/m0/s1. The molecule has 4 aliphatic carbocycles. The van der Waals surface area contributed by atoms with Crippen molar-refractivity contribution in [2.24, 2.45) is 28.6 Å². The van der Waals surface area contributed by atoms with E-state index in [9.17, 15) is 9.90 Å². The summed E-state index contributed by atoms with van der Waals surface area (Å²) in [4.78, 5) is 11.8. The average Bonchev–Trinajstić information content (AvgIpc) is 2.76. The summed E-state index contributed by atoms with van der Waals surface area (Å²) in [7, 11) is 0. The molecular formula is C19H28O2. The summed E-state index contributed by atoms with van der Waals surface area (Å²) >= 11 is 0. The first-order valence-corrected chi connectivity index (χ1v) is 8.87. The summed E-state index contributed by atoms with van der Waals surface area (Å²) in [5.74, 6) is 2.57. The fourth-order valence-electron chi connectivity index (χ4n) is 6.53. The molecule has 2 heteroatoms. The van der Waals surface area contributed by atoms with Crippen molar-refractivity contribution in [2.45, 2.75) is 71.3 Å². The van der Waals surface area contributed by atoms with Gasteiger partial charge in [0.2, 0.25) is 0 Å². The smallest absolute Gasteiger partial charge is 0.155 e. The van der Waals surface area contributed by atoms with E-state index in [2.05, 4.69) is 13.8 Å². The molecule has 0 aromatic heterocycles. The van der Waals surface area contributed by atoms with Crippen LogP contribution in [0.1, 0.15) is 65.2 Å². The molecule has 0 unspecified atom stereocenters. The Hall–Kier alpha value is -0.630. The van der Waals surface area contributed by atoms with Crippen molar-refractivity contribution >= 4 is 5.78 Å². The molecule has 116 valence electrons. The van der Waals surface area contributed by atoms with Crippen LogP contribution >= 0.6 is 0 Å². The zero-order valence-corrected chi connectivity index (χ0v) is 13.4. The lowest BCUT2D eigenvalue weighted by Crippen LogP contribution is -2.51. The number of allylic oxidation sites excluding steroid dienone is 1. The van der Waals surface area contributed by atoms with Gasteiger partial charge in [0.25, 0.3) is 0 Å². The number of fused-ring (bicyclic) bond motifs is 5. The number of aliphatic hydroxyl groups is 1. The summed E-state index contributed by atoms with van der Waals surface area (Å²) in [5, 5.41) is 10.4. The molecule has 0 aliphatic heterocycles. The summed E-state index contributed by atoms with van der Waals surface area (Å²) < 4.78 is 0. The third-order valence-corrected chi connectivity index (χ3v) is 7.91. The molecule has 0 amide bonds. The van der Waals surface area contributed by atoms with Gasteiger partial charge >= 0.3 is 0 Å². The highest BCUT2D eigenvalue weighted by molar-refractivity contribution is 5.91. The minimum atomic E-state index is -0.0823. The van der Waals surface area contributed by atoms with Gasteiger partial charge in [0.05, 0.1) is 6.10 Å². The predicted octanol–water partition coefficient (Wildman–Crippen LogP) is 3.88. The Morgan fingerprint density at radius 1 is 1.05 bits per heavy atom. The first-order valence-electron chi connectivity index (χ1n) is 8.87. The molecule has 0 bridgehead atoms. The molecule has 3 fully saturated rings. The number of aliphatic hydroxyl groups excluding tert-OH is 1. The van der Waals surface area contributed by atoms with Crippen LogP contribution in [0.15, 0.2) is 11.6 Å². The number of hydrogen-bond acceptors (Lipinski definition) is 2. The number of rotatable bonds is 0. The Labute approximate surface area is 128 Å². The molecule has 21 heavy (non-hydrogen) atoms. The van der Waals surface area contributed by atoms with Crippen molar-refractivity contribution in [1.29, 1.82) is 0 Å². The van der Waals surface area contributed by atoms with Crippen LogP contribution in [0.25, 0.3) is 0 Å². The SMILES string of the molecule is C[C@]12CC[C@@H]3[C@@H](CCC4=CC(=O)CC[C@@]43C)[C@H]1CC[C@@H]2O. The highest BCUT2D eigenvalue weighted by atomic mass is 16.3. The highest BCUT2D eigenvalue weighted by Gasteiger charge is 2.58. The Bertz CT molecular complexity index is 508. The minimum absolute atomic E-state index is 0.0823. The molecular weight excluding hydrogens is 260 g/mol. The lowest BCUT2D eigenvalue weighted by Gasteiger charge is -2.57.